The Morgan fingerprint density at radius 2 is 1.62 bits per heavy atom. The van der Waals surface area contributed by atoms with Gasteiger partial charge in [0.05, 0.1) is 0 Å². The molecular formula is C6H10O6Y-2. The molecule has 0 heterocycles. The summed E-state index contributed by atoms with van der Waals surface area (Å²) >= 11 is 0. The number of hydrogen-bond donors (Lipinski definition) is 2. The zero-order chi connectivity index (χ0) is 10.4. The predicted molar refractivity (Wildman–Crippen MR) is 39.0 cm³/mol. The minimum absolute atomic E-state index is 0. The van der Waals surface area contributed by atoms with Crippen molar-refractivity contribution in [3.8, 4) is 0 Å². The molecule has 0 aromatic rings. The van der Waals surface area contributed by atoms with Crippen molar-refractivity contribution in [2.24, 2.45) is 0 Å². The maximum Gasteiger partial charge on any atom is 0.303 e. The summed E-state index contributed by atoms with van der Waals surface area (Å²) < 4.78 is 3.74. The summed E-state index contributed by atoms with van der Waals surface area (Å²) in [6.07, 6.45) is 0.222. The molecule has 0 saturated heterocycles. The summed E-state index contributed by atoms with van der Waals surface area (Å²) in [6.45, 7) is 3.28. The van der Waals surface area contributed by atoms with Crippen LogP contribution < -0.4 is 0 Å². The van der Waals surface area contributed by atoms with Gasteiger partial charge in [-0.25, -0.2) is 0 Å². The Hall–Kier alpha value is -0.486. The molecule has 0 saturated carbocycles. The topological polar surface area (TPSA) is 101 Å². The van der Waals surface area contributed by atoms with E-state index in [1.165, 1.54) is 13.6 Å². The number of carboxylic acids is 1. The standard InChI is InChI=1S/C3H6O2.C2H3O2.CHO2.Y/c1-2-3(4)5;1-4-2-3;2-1-3;/h2H2,1H3,(H,4,5);1H3;(H,2,3);/q;2*-1;. The van der Waals surface area contributed by atoms with Crippen molar-refractivity contribution in [3.63, 3.8) is 0 Å². The first kappa shape index (κ1) is 22.9. The first-order valence-corrected chi connectivity index (χ1v) is 2.73. The smallest absolute Gasteiger partial charge is 0.303 e. The minimum Gasteiger partial charge on any atom is -0.665 e. The van der Waals surface area contributed by atoms with Gasteiger partial charge in [-0.05, 0) is 0 Å². The normalized spacial score (nSPS) is 5.38. The summed E-state index contributed by atoms with van der Waals surface area (Å²) in [5.74, 6) is -0.745. The molecule has 0 aromatic carbocycles. The van der Waals surface area contributed by atoms with Crippen molar-refractivity contribution in [1.82, 2.24) is 0 Å². The van der Waals surface area contributed by atoms with Gasteiger partial charge in [0.15, 0.2) is 0 Å². The maximum absolute atomic E-state index is 9.37. The van der Waals surface area contributed by atoms with Crippen LogP contribution in [0.15, 0.2) is 0 Å². The fourth-order valence-electron chi connectivity index (χ4n) is 0. The summed E-state index contributed by atoms with van der Waals surface area (Å²) in [4.78, 5) is 26.4. The molecule has 0 aliphatic rings. The Balaban J connectivity index is -0.0000000465. The number of rotatable bonds is 2. The van der Waals surface area contributed by atoms with E-state index in [-0.39, 0.29) is 39.1 Å². The van der Waals surface area contributed by atoms with Crippen LogP contribution in [0.5, 0.6) is 0 Å². The maximum atomic E-state index is 9.37. The van der Waals surface area contributed by atoms with E-state index in [0.717, 1.165) is 0 Å². The quantitative estimate of drug-likeness (QED) is 0.671. The van der Waals surface area contributed by atoms with Crippen molar-refractivity contribution in [2.45, 2.75) is 13.3 Å². The third kappa shape index (κ3) is 165. The number of carbonyl (C=O) groups is 1. The van der Waals surface area contributed by atoms with Gasteiger partial charge < -0.3 is 24.5 Å². The van der Waals surface area contributed by atoms with E-state index >= 15 is 0 Å². The molecule has 0 aromatic heterocycles. The van der Waals surface area contributed by atoms with E-state index in [9.17, 15) is 4.79 Å². The third-order valence-corrected chi connectivity index (χ3v) is 0.386. The second-order valence-electron chi connectivity index (χ2n) is 1.13. The molecule has 13 heavy (non-hydrogen) atoms. The Kier molecular flexibility index (Phi) is 52.8. The Labute approximate surface area is 101 Å². The Bertz CT molecular complexity index is 116. The van der Waals surface area contributed by atoms with E-state index in [2.05, 4.69) is 4.74 Å². The predicted octanol–water partition coefficient (Wildman–Crippen LogP) is -0.210. The number of carbonyl (C=O) groups excluding carboxylic acids is 1. The van der Waals surface area contributed by atoms with Gasteiger partial charge in [0.25, 0.3) is 0 Å². The molecular weight excluding hydrogens is 257 g/mol. The van der Waals surface area contributed by atoms with Crippen LogP contribution in [0.25, 0.3) is 0 Å². The van der Waals surface area contributed by atoms with Gasteiger partial charge in [0.2, 0.25) is 0 Å². The van der Waals surface area contributed by atoms with Crippen LogP contribution in [0.2, 0.25) is 0 Å². The Morgan fingerprint density at radius 3 is 1.62 bits per heavy atom. The van der Waals surface area contributed by atoms with Crippen LogP contribution in [-0.2, 0) is 51.8 Å². The van der Waals surface area contributed by atoms with E-state index in [1.807, 2.05) is 0 Å². The largest absolute Gasteiger partial charge is 0.665 e. The first-order chi connectivity index (χ1) is 5.60. The van der Waals surface area contributed by atoms with Gasteiger partial charge in [0.1, 0.15) is 0 Å². The van der Waals surface area contributed by atoms with E-state index in [1.54, 1.807) is 6.92 Å². The third-order valence-electron chi connectivity index (χ3n) is 0.386. The second-order valence-corrected chi connectivity index (χ2v) is 1.13. The zero-order valence-corrected chi connectivity index (χ0v) is 10.2. The van der Waals surface area contributed by atoms with Crippen LogP contribution in [0.3, 0.4) is 0 Å². The second kappa shape index (κ2) is 30.0. The average molecular weight is 267 g/mol. The van der Waals surface area contributed by atoms with Crippen LogP contribution in [0.1, 0.15) is 13.3 Å². The summed E-state index contributed by atoms with van der Waals surface area (Å²) in [6, 6.07) is 0. The number of ether oxygens (including phenoxy) is 1. The molecule has 6 nitrogen and oxygen atoms in total. The molecule has 0 atom stereocenters. The van der Waals surface area contributed by atoms with Crippen molar-refractivity contribution in [2.75, 3.05) is 7.11 Å². The fourth-order valence-corrected chi connectivity index (χ4v) is 0. The molecule has 0 unspecified atom stereocenters. The summed E-state index contributed by atoms with van der Waals surface area (Å²) in [7, 11) is 1.26. The van der Waals surface area contributed by atoms with Crippen LogP contribution in [0, 0.1) is 0 Å². The fraction of sp³-hybridized carbons (Fsp3) is 0.500. The van der Waals surface area contributed by atoms with Crippen molar-refractivity contribution in [3.05, 3.63) is 0 Å². The number of carboxylic acid groups (broad SMARTS) is 1. The first-order valence-electron chi connectivity index (χ1n) is 2.73. The van der Waals surface area contributed by atoms with Gasteiger partial charge in [0, 0.05) is 46.2 Å². The van der Waals surface area contributed by atoms with Crippen LogP contribution in [-0.4, -0.2) is 36.2 Å². The monoisotopic (exact) mass is 267 g/mol. The molecule has 2 N–H and O–H groups in total. The molecule has 7 heteroatoms. The molecule has 1 radical (unpaired) electrons. The van der Waals surface area contributed by atoms with E-state index < -0.39 is 5.97 Å². The van der Waals surface area contributed by atoms with Crippen LogP contribution in [0.4, 0.5) is 0 Å². The summed E-state index contributed by atoms with van der Waals surface area (Å²) in [5, 5.41) is 14.5. The van der Waals surface area contributed by atoms with Gasteiger partial charge >= 0.3 is 5.97 Å². The van der Waals surface area contributed by atoms with Crippen molar-refractivity contribution >= 4 is 18.9 Å². The average Bonchev–Trinajstić information content (AvgIpc) is 2.06. The van der Waals surface area contributed by atoms with Gasteiger partial charge in [-0.3, -0.25) is 4.79 Å². The molecule has 0 aliphatic carbocycles. The van der Waals surface area contributed by atoms with Crippen molar-refractivity contribution in [1.29, 1.82) is 0 Å². The molecule has 0 amide bonds. The molecule has 0 fully saturated rings. The molecule has 0 spiro atoms. The minimum atomic E-state index is -0.745. The van der Waals surface area contributed by atoms with Gasteiger partial charge in [-0.1, -0.05) is 19.9 Å². The number of aliphatic carboxylic acids is 1. The molecule has 0 aliphatic heterocycles. The number of methoxy groups -OCH3 is 1. The Morgan fingerprint density at radius 1 is 1.46 bits per heavy atom. The molecule has 0 bridgehead atoms. The van der Waals surface area contributed by atoms with E-state index in [4.69, 9.17) is 19.8 Å². The van der Waals surface area contributed by atoms with Gasteiger partial charge in [-0.2, -0.15) is 0 Å². The SMILES string of the molecule is CCC(=O)O.CO[C-]=O.O=[C-]O.[Y]. The van der Waals surface area contributed by atoms with Crippen LogP contribution >= 0.6 is 0 Å². The molecule has 0 rings (SSSR count). The zero-order valence-electron chi connectivity index (χ0n) is 7.31. The van der Waals surface area contributed by atoms with E-state index in [0.29, 0.717) is 6.47 Å². The van der Waals surface area contributed by atoms with Gasteiger partial charge in [-0.15, -0.1) is 0 Å². The van der Waals surface area contributed by atoms with Crippen molar-refractivity contribution < 1.29 is 62.0 Å². The summed E-state index contributed by atoms with van der Waals surface area (Å²) in [5.41, 5.74) is 0. The molecule has 75 valence electrons. The number of aliphatic hydroxyl groups excluding tert-OH is 1. The number of hydrogen-bond acceptors (Lipinski definition) is 4.